The van der Waals surface area contributed by atoms with Gasteiger partial charge in [-0.05, 0) is 0 Å². The molecule has 90 valence electrons. The Balaban J connectivity index is 2.31. The van der Waals surface area contributed by atoms with Gasteiger partial charge in [0.15, 0.2) is 0 Å². The Morgan fingerprint density at radius 1 is 1.28 bits per heavy atom. The van der Waals surface area contributed by atoms with Crippen LogP contribution >= 0.6 is 0 Å². The first-order valence-corrected chi connectivity index (χ1v) is 6.93. The fraction of sp³-hybridized carbons (Fsp3) is 0.0833. The fourth-order valence-corrected chi connectivity index (χ4v) is 3.69. The molecule has 1 N–H and O–H groups in total. The van der Waals surface area contributed by atoms with E-state index in [1.165, 1.54) is 9.63 Å². The van der Waals surface area contributed by atoms with Gasteiger partial charge in [-0.1, -0.05) is 0 Å². The van der Waals surface area contributed by atoms with Crippen LogP contribution in [0.2, 0.25) is 0 Å². The van der Waals surface area contributed by atoms with E-state index in [1.807, 2.05) is 18.2 Å². The molecule has 0 fully saturated rings. The Kier molecular flexibility index (Phi) is 2.54. The van der Waals surface area contributed by atoms with Crippen LogP contribution in [-0.2, 0) is 0 Å². The van der Waals surface area contributed by atoms with Gasteiger partial charge in [0, 0.05) is 0 Å². The second kappa shape index (κ2) is 4.08. The third-order valence-corrected chi connectivity index (χ3v) is 4.74. The number of aromatic nitrogens is 3. The Labute approximate surface area is 108 Å². The molecule has 6 heteroatoms. The number of hydrogen-bond acceptors (Lipinski definition) is 4. The van der Waals surface area contributed by atoms with Gasteiger partial charge in [-0.15, -0.1) is 0 Å². The van der Waals surface area contributed by atoms with E-state index in [9.17, 15) is 9.90 Å². The molecule has 3 rings (SSSR count). The summed E-state index contributed by atoms with van der Waals surface area (Å²) in [6.07, 6.45) is 0. The minimum absolute atomic E-state index is 0.101. The van der Waals surface area contributed by atoms with Crippen LogP contribution < -0.4 is 5.56 Å². The molecular weight excluding hydrogens is 297 g/mol. The average Bonchev–Trinajstić information content (AvgIpc) is 2.66. The molecule has 0 amide bonds. The van der Waals surface area contributed by atoms with E-state index in [2.05, 4.69) is 9.97 Å². The van der Waals surface area contributed by atoms with Crippen molar-refractivity contribution in [3.63, 3.8) is 0 Å². The van der Waals surface area contributed by atoms with E-state index in [0.717, 1.165) is 4.26 Å². The first-order valence-electron chi connectivity index (χ1n) is 5.31. The van der Waals surface area contributed by atoms with Crippen LogP contribution in [0.3, 0.4) is 0 Å². The summed E-state index contributed by atoms with van der Waals surface area (Å²) in [4.78, 5) is 20.3. The summed E-state index contributed by atoms with van der Waals surface area (Å²) in [5.41, 5.74) is 0.535. The van der Waals surface area contributed by atoms with Crippen LogP contribution in [0.4, 0.5) is 0 Å². The summed E-state index contributed by atoms with van der Waals surface area (Å²) in [7, 11) is 0. The number of fused-ring (bicyclic) bond motifs is 1. The van der Waals surface area contributed by atoms with Gasteiger partial charge >= 0.3 is 108 Å². The predicted octanol–water partition coefficient (Wildman–Crippen LogP) is 0.852. The molecular formula is C12H9N3O2Se. The van der Waals surface area contributed by atoms with Gasteiger partial charge in [-0.3, -0.25) is 0 Å². The van der Waals surface area contributed by atoms with Crippen molar-refractivity contribution >= 4 is 24.4 Å². The summed E-state index contributed by atoms with van der Waals surface area (Å²) in [5.74, 6) is 0.158. The number of rotatable bonds is 1. The summed E-state index contributed by atoms with van der Waals surface area (Å²) in [6, 6.07) is 8.94. The second-order valence-electron chi connectivity index (χ2n) is 3.85. The molecule has 0 spiro atoms. The summed E-state index contributed by atoms with van der Waals surface area (Å²) in [5, 5.41) is 10.2. The SMILES string of the molecule is Cc1cc(O)nc(-n2[se]c3ccccc3c2=O)n1. The molecule has 0 aliphatic carbocycles. The van der Waals surface area contributed by atoms with E-state index >= 15 is 0 Å². The topological polar surface area (TPSA) is 68.0 Å². The van der Waals surface area contributed by atoms with Gasteiger partial charge in [-0.25, -0.2) is 0 Å². The van der Waals surface area contributed by atoms with Gasteiger partial charge in [0.1, 0.15) is 0 Å². The minimum atomic E-state index is -0.173. The molecule has 5 nitrogen and oxygen atoms in total. The molecule has 0 aliphatic rings. The molecule has 2 heterocycles. The third-order valence-electron chi connectivity index (χ3n) is 2.50. The van der Waals surface area contributed by atoms with Crippen molar-refractivity contribution in [2.24, 2.45) is 0 Å². The van der Waals surface area contributed by atoms with Crippen LogP contribution in [0.1, 0.15) is 5.69 Å². The van der Waals surface area contributed by atoms with Crippen LogP contribution in [-0.4, -0.2) is 33.4 Å². The molecule has 2 aromatic heterocycles. The van der Waals surface area contributed by atoms with E-state index in [1.54, 1.807) is 13.0 Å². The molecule has 0 unspecified atom stereocenters. The Morgan fingerprint density at radius 3 is 2.78 bits per heavy atom. The fourth-order valence-electron chi connectivity index (χ4n) is 1.73. The van der Waals surface area contributed by atoms with E-state index in [4.69, 9.17) is 0 Å². The average molecular weight is 306 g/mol. The zero-order valence-electron chi connectivity index (χ0n) is 9.49. The maximum absolute atomic E-state index is 12.2. The molecule has 18 heavy (non-hydrogen) atoms. The number of benzene rings is 1. The monoisotopic (exact) mass is 307 g/mol. The second-order valence-corrected chi connectivity index (χ2v) is 5.93. The molecule has 0 saturated carbocycles. The van der Waals surface area contributed by atoms with Crippen molar-refractivity contribution in [3.8, 4) is 11.8 Å². The van der Waals surface area contributed by atoms with Crippen molar-refractivity contribution in [3.05, 3.63) is 46.4 Å². The van der Waals surface area contributed by atoms with Gasteiger partial charge in [-0.2, -0.15) is 0 Å². The predicted molar refractivity (Wildman–Crippen MR) is 68.5 cm³/mol. The van der Waals surface area contributed by atoms with Crippen molar-refractivity contribution in [2.45, 2.75) is 6.92 Å². The van der Waals surface area contributed by atoms with Gasteiger partial charge < -0.3 is 0 Å². The maximum atomic E-state index is 12.2. The molecule has 0 saturated heterocycles. The first-order chi connectivity index (χ1) is 8.65. The number of aryl methyl sites for hydroxylation is 1. The Hall–Kier alpha value is -1.91. The number of hydrogen-bond donors (Lipinski definition) is 1. The quantitative estimate of drug-likeness (QED) is 0.677. The van der Waals surface area contributed by atoms with Gasteiger partial charge in [0.05, 0.1) is 0 Å². The van der Waals surface area contributed by atoms with Crippen molar-refractivity contribution in [1.29, 1.82) is 0 Å². The Bertz CT molecular complexity index is 771. The molecule has 1 aromatic carbocycles. The molecule has 0 radical (unpaired) electrons. The molecule has 3 aromatic rings. The van der Waals surface area contributed by atoms with Gasteiger partial charge in [0.25, 0.3) is 0 Å². The van der Waals surface area contributed by atoms with E-state index in [-0.39, 0.29) is 32.1 Å². The zero-order valence-corrected chi connectivity index (χ0v) is 11.2. The normalized spacial score (nSPS) is 10.9. The van der Waals surface area contributed by atoms with Crippen LogP contribution in [0.5, 0.6) is 5.88 Å². The number of nitrogens with zero attached hydrogens (tertiary/aromatic N) is 3. The van der Waals surface area contributed by atoms with E-state index in [0.29, 0.717) is 11.1 Å². The molecule has 0 atom stereocenters. The van der Waals surface area contributed by atoms with Crippen molar-refractivity contribution < 1.29 is 5.11 Å². The van der Waals surface area contributed by atoms with Crippen LogP contribution in [0.25, 0.3) is 15.6 Å². The number of aromatic hydroxyl groups is 1. The van der Waals surface area contributed by atoms with Crippen molar-refractivity contribution in [2.75, 3.05) is 0 Å². The summed E-state index contributed by atoms with van der Waals surface area (Å²) >= 11 is -0.173. The third kappa shape index (κ3) is 1.75. The summed E-state index contributed by atoms with van der Waals surface area (Å²) in [6.45, 7) is 1.76. The van der Waals surface area contributed by atoms with E-state index < -0.39 is 0 Å². The molecule has 0 bridgehead atoms. The summed E-state index contributed by atoms with van der Waals surface area (Å²) < 4.78 is 2.55. The van der Waals surface area contributed by atoms with Crippen molar-refractivity contribution in [1.82, 2.24) is 13.5 Å². The van der Waals surface area contributed by atoms with Crippen LogP contribution in [0.15, 0.2) is 35.1 Å². The van der Waals surface area contributed by atoms with Gasteiger partial charge in [0.2, 0.25) is 0 Å². The zero-order chi connectivity index (χ0) is 12.7. The van der Waals surface area contributed by atoms with Crippen LogP contribution in [0, 0.1) is 6.92 Å². The first kappa shape index (κ1) is 11.2. The standard InChI is InChI=1S/C12H9N3O2Se/c1-7-6-10(16)14-12(13-7)15-11(17)8-4-2-3-5-9(8)18-15/h2-6H,1H3,(H,13,14,16). The Morgan fingerprint density at radius 2 is 2.06 bits per heavy atom. The molecule has 0 aliphatic heterocycles.